The third-order valence-electron chi connectivity index (χ3n) is 7.10. The maximum Gasteiger partial charge on any atom is 0.276 e. The third-order valence-corrected chi connectivity index (χ3v) is 7.10. The fourth-order valence-electron chi connectivity index (χ4n) is 5.19. The number of para-hydroxylation sites is 1. The first-order valence-electron chi connectivity index (χ1n) is 12.7. The van der Waals surface area contributed by atoms with Crippen molar-refractivity contribution in [2.24, 2.45) is 0 Å². The van der Waals surface area contributed by atoms with Crippen molar-refractivity contribution in [2.45, 2.75) is 31.7 Å². The molecule has 0 radical (unpaired) electrons. The molecule has 2 fully saturated rings. The summed E-state index contributed by atoms with van der Waals surface area (Å²) in [6.45, 7) is 3.10. The summed E-state index contributed by atoms with van der Waals surface area (Å²) in [6, 6.07) is 9.47. The van der Waals surface area contributed by atoms with Crippen LogP contribution in [0, 0.1) is 11.6 Å². The van der Waals surface area contributed by atoms with Crippen molar-refractivity contribution in [3.8, 4) is 5.69 Å². The lowest BCUT2D eigenvalue weighted by atomic mass is 10.1. The van der Waals surface area contributed by atoms with Crippen LogP contribution in [-0.2, 0) is 4.74 Å². The third kappa shape index (κ3) is 4.43. The molecule has 0 atom stereocenters. The summed E-state index contributed by atoms with van der Waals surface area (Å²) in [6.07, 6.45) is 5.90. The lowest BCUT2D eigenvalue weighted by Gasteiger charge is -2.23. The number of rotatable bonds is 5. The number of hydrogen-bond acceptors (Lipinski definition) is 6. The van der Waals surface area contributed by atoms with Crippen molar-refractivity contribution < 1.29 is 18.3 Å². The number of nitrogens with zero attached hydrogens (tertiary/aromatic N) is 5. The van der Waals surface area contributed by atoms with Gasteiger partial charge in [0.05, 0.1) is 22.9 Å². The standard InChI is InChI=1S/C27H26F2N6O3/c28-19-4-3-5-20(29)26(19)35-24(36)9-8-23(32-35)27(37)30-22-7-6-21-18(25(22)33-12-1-2-13-33)16-34(31-21)17-10-14-38-15-11-17/h3-9,16-17H,1-2,10-15H2,(H,30,37). The lowest BCUT2D eigenvalue weighted by molar-refractivity contribution is 0.0664. The molecule has 196 valence electrons. The number of ether oxygens (including phenoxy) is 1. The normalized spacial score (nSPS) is 16.3. The Morgan fingerprint density at radius 2 is 1.68 bits per heavy atom. The number of carbonyl (C=O) groups is 1. The molecule has 0 spiro atoms. The van der Waals surface area contributed by atoms with E-state index >= 15 is 0 Å². The molecule has 0 saturated carbocycles. The Morgan fingerprint density at radius 3 is 2.42 bits per heavy atom. The summed E-state index contributed by atoms with van der Waals surface area (Å²) >= 11 is 0. The van der Waals surface area contributed by atoms with E-state index < -0.39 is 28.8 Å². The van der Waals surface area contributed by atoms with Crippen molar-refractivity contribution in [2.75, 3.05) is 36.5 Å². The van der Waals surface area contributed by atoms with Crippen LogP contribution in [0.5, 0.6) is 0 Å². The van der Waals surface area contributed by atoms with Gasteiger partial charge in [-0.2, -0.15) is 14.9 Å². The van der Waals surface area contributed by atoms with E-state index in [1.54, 1.807) is 0 Å². The molecule has 4 heterocycles. The molecule has 0 aliphatic carbocycles. The van der Waals surface area contributed by atoms with Gasteiger partial charge in [-0.05, 0) is 56.0 Å². The maximum absolute atomic E-state index is 14.3. The van der Waals surface area contributed by atoms with Crippen LogP contribution in [0.15, 0.2) is 53.5 Å². The SMILES string of the molecule is O=C(Nc1ccc2nn(C3CCOCC3)cc2c1N1CCCC1)c1ccc(=O)n(-c2c(F)cccc2F)n1. The average molecular weight is 521 g/mol. The van der Waals surface area contributed by atoms with Crippen LogP contribution in [0.2, 0.25) is 0 Å². The first kappa shape index (κ1) is 24.2. The molecule has 2 saturated heterocycles. The molecular formula is C27H26F2N6O3. The molecule has 6 rings (SSSR count). The highest BCUT2D eigenvalue weighted by Crippen LogP contribution is 2.37. The highest BCUT2D eigenvalue weighted by atomic mass is 19.1. The Morgan fingerprint density at radius 1 is 0.947 bits per heavy atom. The van der Waals surface area contributed by atoms with Gasteiger partial charge in [-0.25, -0.2) is 8.78 Å². The van der Waals surface area contributed by atoms with E-state index in [9.17, 15) is 18.4 Å². The topological polar surface area (TPSA) is 94.3 Å². The monoisotopic (exact) mass is 520 g/mol. The molecule has 1 amide bonds. The van der Waals surface area contributed by atoms with E-state index in [0.29, 0.717) is 23.6 Å². The molecular weight excluding hydrogens is 494 g/mol. The van der Waals surface area contributed by atoms with Crippen LogP contribution in [0.25, 0.3) is 16.6 Å². The summed E-state index contributed by atoms with van der Waals surface area (Å²) in [5.74, 6) is -2.52. The predicted molar refractivity (Wildman–Crippen MR) is 138 cm³/mol. The molecule has 11 heteroatoms. The van der Waals surface area contributed by atoms with E-state index in [2.05, 4.69) is 15.3 Å². The van der Waals surface area contributed by atoms with Gasteiger partial charge in [0.1, 0.15) is 11.4 Å². The van der Waals surface area contributed by atoms with Crippen molar-refractivity contribution >= 4 is 28.2 Å². The highest BCUT2D eigenvalue weighted by molar-refractivity contribution is 6.08. The molecule has 2 aromatic heterocycles. The molecule has 1 N–H and O–H groups in total. The Balaban J connectivity index is 1.37. The summed E-state index contributed by atoms with van der Waals surface area (Å²) in [5, 5.41) is 12.6. The van der Waals surface area contributed by atoms with Crippen LogP contribution in [0.3, 0.4) is 0 Å². The van der Waals surface area contributed by atoms with Gasteiger partial charge >= 0.3 is 0 Å². The summed E-state index contributed by atoms with van der Waals surface area (Å²) in [7, 11) is 0. The molecule has 2 aromatic carbocycles. The molecule has 2 aliphatic heterocycles. The average Bonchev–Trinajstić information content (AvgIpc) is 3.60. The smallest absolute Gasteiger partial charge is 0.276 e. The van der Waals surface area contributed by atoms with Gasteiger partial charge in [-0.3, -0.25) is 14.3 Å². The van der Waals surface area contributed by atoms with Gasteiger partial charge in [0.25, 0.3) is 11.5 Å². The number of halogens is 2. The number of aromatic nitrogens is 4. The minimum atomic E-state index is -0.958. The van der Waals surface area contributed by atoms with Crippen molar-refractivity contribution in [3.05, 3.63) is 76.3 Å². The zero-order valence-corrected chi connectivity index (χ0v) is 20.6. The van der Waals surface area contributed by atoms with E-state index in [1.807, 2.05) is 23.0 Å². The van der Waals surface area contributed by atoms with Crippen LogP contribution in [0.1, 0.15) is 42.2 Å². The minimum Gasteiger partial charge on any atom is -0.381 e. The molecule has 2 aliphatic rings. The van der Waals surface area contributed by atoms with Crippen LogP contribution < -0.4 is 15.8 Å². The van der Waals surface area contributed by atoms with E-state index in [-0.39, 0.29) is 11.7 Å². The number of amides is 1. The lowest BCUT2D eigenvalue weighted by Crippen LogP contribution is -2.27. The van der Waals surface area contributed by atoms with Crippen LogP contribution in [-0.4, -0.2) is 51.8 Å². The number of fused-ring (bicyclic) bond motifs is 1. The van der Waals surface area contributed by atoms with Gasteiger partial charge in [0.15, 0.2) is 11.6 Å². The second-order valence-electron chi connectivity index (χ2n) is 9.53. The van der Waals surface area contributed by atoms with Gasteiger partial charge < -0.3 is 15.0 Å². The van der Waals surface area contributed by atoms with E-state index in [0.717, 1.165) is 73.6 Å². The van der Waals surface area contributed by atoms with E-state index in [4.69, 9.17) is 9.84 Å². The molecule has 4 aromatic rings. The molecule has 0 unspecified atom stereocenters. The largest absolute Gasteiger partial charge is 0.381 e. The first-order chi connectivity index (χ1) is 18.5. The number of nitrogens with one attached hydrogen (secondary N) is 1. The summed E-state index contributed by atoms with van der Waals surface area (Å²) < 4.78 is 36.8. The van der Waals surface area contributed by atoms with E-state index in [1.165, 1.54) is 12.1 Å². The fraction of sp³-hybridized carbons (Fsp3) is 0.333. The summed E-state index contributed by atoms with van der Waals surface area (Å²) in [4.78, 5) is 27.9. The van der Waals surface area contributed by atoms with Gasteiger partial charge in [0, 0.05) is 44.0 Å². The second kappa shape index (κ2) is 9.97. The first-order valence-corrected chi connectivity index (χ1v) is 12.7. The maximum atomic E-state index is 14.3. The number of benzene rings is 2. The van der Waals surface area contributed by atoms with Crippen LogP contribution >= 0.6 is 0 Å². The zero-order chi connectivity index (χ0) is 26.2. The highest BCUT2D eigenvalue weighted by Gasteiger charge is 2.24. The van der Waals surface area contributed by atoms with Crippen molar-refractivity contribution in [3.63, 3.8) is 0 Å². The Kier molecular flexibility index (Phi) is 6.36. The van der Waals surface area contributed by atoms with Gasteiger partial charge in [-0.15, -0.1) is 0 Å². The zero-order valence-electron chi connectivity index (χ0n) is 20.6. The van der Waals surface area contributed by atoms with Crippen molar-refractivity contribution in [1.29, 1.82) is 0 Å². The van der Waals surface area contributed by atoms with Crippen LogP contribution in [0.4, 0.5) is 20.2 Å². The second-order valence-corrected chi connectivity index (χ2v) is 9.53. The Hall–Kier alpha value is -4.12. The predicted octanol–water partition coefficient (Wildman–Crippen LogP) is 4.06. The number of hydrogen-bond donors (Lipinski definition) is 1. The minimum absolute atomic E-state index is 0.155. The number of anilines is 2. The molecule has 38 heavy (non-hydrogen) atoms. The molecule has 0 bridgehead atoms. The van der Waals surface area contributed by atoms with Gasteiger partial charge in [-0.1, -0.05) is 6.07 Å². The molecule has 9 nitrogen and oxygen atoms in total. The van der Waals surface area contributed by atoms with Gasteiger partial charge in [0.2, 0.25) is 0 Å². The van der Waals surface area contributed by atoms with Crippen molar-refractivity contribution in [1.82, 2.24) is 19.6 Å². The Bertz CT molecular complexity index is 1550. The quantitative estimate of drug-likeness (QED) is 0.427. The summed E-state index contributed by atoms with van der Waals surface area (Å²) in [5.41, 5.74) is 0.737. The fourth-order valence-corrected chi connectivity index (χ4v) is 5.19. The Labute approximate surface area is 216 Å². The number of carbonyl (C=O) groups excluding carboxylic acids is 1.